The van der Waals surface area contributed by atoms with E-state index < -0.39 is 16.4 Å². The third-order valence-corrected chi connectivity index (χ3v) is 3.55. The average molecular weight is 264 g/mol. The van der Waals surface area contributed by atoms with Crippen molar-refractivity contribution in [3.63, 3.8) is 0 Å². The Morgan fingerprint density at radius 1 is 1.53 bits per heavy atom. The second kappa shape index (κ2) is 4.87. The van der Waals surface area contributed by atoms with Crippen molar-refractivity contribution in [2.24, 2.45) is 0 Å². The quantitative estimate of drug-likeness (QED) is 0.630. The molecule has 0 bridgehead atoms. The number of carboxylic acid groups (broad SMARTS) is 1. The van der Waals surface area contributed by atoms with Crippen LogP contribution < -0.4 is 5.32 Å². The molecule has 19 heavy (non-hydrogen) atoms. The van der Waals surface area contributed by atoms with Crippen molar-refractivity contribution in [2.45, 2.75) is 38.1 Å². The number of nitro groups is 1. The van der Waals surface area contributed by atoms with Gasteiger partial charge in [0.25, 0.3) is 5.69 Å². The maximum absolute atomic E-state index is 11.0. The van der Waals surface area contributed by atoms with Crippen molar-refractivity contribution < 1.29 is 14.8 Å². The molecule has 102 valence electrons. The zero-order valence-electron chi connectivity index (χ0n) is 10.7. The van der Waals surface area contributed by atoms with E-state index >= 15 is 0 Å². The predicted molar refractivity (Wildman–Crippen MR) is 70.3 cm³/mol. The molecule has 0 heterocycles. The largest absolute Gasteiger partial charge is 0.481 e. The number of aliphatic carboxylic acids is 1. The molecular formula is C13H16N2O4. The van der Waals surface area contributed by atoms with Gasteiger partial charge in [-0.15, -0.1) is 0 Å². The zero-order chi connectivity index (χ0) is 14.0. The summed E-state index contributed by atoms with van der Waals surface area (Å²) in [6, 6.07) is 4.92. The minimum atomic E-state index is -0.887. The first kappa shape index (κ1) is 13.3. The Hall–Kier alpha value is -2.11. The fourth-order valence-electron chi connectivity index (χ4n) is 2.42. The standard InChI is InChI=1S/C13H16N2O4/c1-9-3-4-10(11(7-9)15(18)19)14-13(5-2-6-13)8-12(16)17/h3-4,7,14H,2,5-6,8H2,1H3,(H,16,17). The summed E-state index contributed by atoms with van der Waals surface area (Å²) in [4.78, 5) is 21.5. The molecule has 0 saturated heterocycles. The molecule has 6 nitrogen and oxygen atoms in total. The Morgan fingerprint density at radius 2 is 2.21 bits per heavy atom. The number of anilines is 1. The van der Waals surface area contributed by atoms with E-state index in [1.165, 1.54) is 6.07 Å². The Bertz CT molecular complexity index is 523. The lowest BCUT2D eigenvalue weighted by Crippen LogP contribution is -2.46. The fraction of sp³-hybridized carbons (Fsp3) is 0.462. The van der Waals surface area contributed by atoms with Crippen LogP contribution in [-0.4, -0.2) is 21.5 Å². The summed E-state index contributed by atoms with van der Waals surface area (Å²) in [5.41, 5.74) is 0.664. The Kier molecular flexibility index (Phi) is 3.42. The molecule has 1 aliphatic carbocycles. The number of nitrogens with one attached hydrogen (secondary N) is 1. The van der Waals surface area contributed by atoms with E-state index in [4.69, 9.17) is 5.11 Å². The lowest BCUT2D eigenvalue weighted by molar-refractivity contribution is -0.384. The van der Waals surface area contributed by atoms with Crippen molar-refractivity contribution in [1.29, 1.82) is 0 Å². The minimum Gasteiger partial charge on any atom is -0.481 e. The highest BCUT2D eigenvalue weighted by Gasteiger charge is 2.40. The molecule has 0 spiro atoms. The van der Waals surface area contributed by atoms with E-state index in [1.807, 2.05) is 0 Å². The van der Waals surface area contributed by atoms with E-state index in [2.05, 4.69) is 5.32 Å². The third kappa shape index (κ3) is 2.83. The van der Waals surface area contributed by atoms with Crippen LogP contribution in [0.2, 0.25) is 0 Å². The van der Waals surface area contributed by atoms with Gasteiger partial charge in [-0.05, 0) is 37.8 Å². The van der Waals surface area contributed by atoms with Crippen LogP contribution in [0.3, 0.4) is 0 Å². The number of nitro benzene ring substituents is 1. The second-order valence-electron chi connectivity index (χ2n) is 5.11. The molecule has 1 fully saturated rings. The molecule has 2 N–H and O–H groups in total. The number of benzene rings is 1. The van der Waals surface area contributed by atoms with Gasteiger partial charge in [-0.3, -0.25) is 14.9 Å². The maximum Gasteiger partial charge on any atom is 0.305 e. The van der Waals surface area contributed by atoms with Gasteiger partial charge in [0.2, 0.25) is 0 Å². The van der Waals surface area contributed by atoms with E-state index in [0.717, 1.165) is 24.8 Å². The zero-order valence-corrected chi connectivity index (χ0v) is 10.7. The molecule has 1 saturated carbocycles. The first-order valence-corrected chi connectivity index (χ1v) is 6.17. The van der Waals surface area contributed by atoms with Gasteiger partial charge in [0.05, 0.1) is 11.3 Å². The first-order chi connectivity index (χ1) is 8.92. The third-order valence-electron chi connectivity index (χ3n) is 3.55. The smallest absolute Gasteiger partial charge is 0.305 e. The number of aryl methyl sites for hydroxylation is 1. The van der Waals surface area contributed by atoms with Gasteiger partial charge in [-0.1, -0.05) is 6.07 Å². The molecule has 1 aromatic rings. The lowest BCUT2D eigenvalue weighted by atomic mass is 9.74. The number of rotatable bonds is 5. The summed E-state index contributed by atoms with van der Waals surface area (Å²) in [7, 11) is 0. The first-order valence-electron chi connectivity index (χ1n) is 6.17. The summed E-state index contributed by atoms with van der Waals surface area (Å²) >= 11 is 0. The van der Waals surface area contributed by atoms with Crippen molar-refractivity contribution in [2.75, 3.05) is 5.32 Å². The van der Waals surface area contributed by atoms with Crippen molar-refractivity contribution in [3.8, 4) is 0 Å². The number of hydrogen-bond acceptors (Lipinski definition) is 4. The highest BCUT2D eigenvalue weighted by Crippen LogP contribution is 2.40. The van der Waals surface area contributed by atoms with Crippen LogP contribution in [0, 0.1) is 17.0 Å². The summed E-state index contributed by atoms with van der Waals surface area (Å²) in [6.45, 7) is 1.78. The Balaban J connectivity index is 2.27. The van der Waals surface area contributed by atoms with Gasteiger partial charge in [0, 0.05) is 11.6 Å². The normalized spacial score (nSPS) is 16.5. The van der Waals surface area contributed by atoms with Crippen LogP contribution in [-0.2, 0) is 4.79 Å². The number of carbonyl (C=O) groups is 1. The molecule has 0 unspecified atom stereocenters. The average Bonchev–Trinajstić information content (AvgIpc) is 2.27. The summed E-state index contributed by atoms with van der Waals surface area (Å²) < 4.78 is 0. The predicted octanol–water partition coefficient (Wildman–Crippen LogP) is 2.71. The molecular weight excluding hydrogens is 248 g/mol. The van der Waals surface area contributed by atoms with Crippen LogP contribution in [0.4, 0.5) is 11.4 Å². The SMILES string of the molecule is Cc1ccc(NC2(CC(=O)O)CCC2)c([N+](=O)[O-])c1. The second-order valence-corrected chi connectivity index (χ2v) is 5.11. The fourth-order valence-corrected chi connectivity index (χ4v) is 2.42. The van der Waals surface area contributed by atoms with Crippen molar-refractivity contribution >= 4 is 17.3 Å². The molecule has 6 heteroatoms. The monoisotopic (exact) mass is 264 g/mol. The summed E-state index contributed by atoms with van der Waals surface area (Å²) in [5, 5.41) is 23.1. The highest BCUT2D eigenvalue weighted by atomic mass is 16.6. The van der Waals surface area contributed by atoms with Gasteiger partial charge in [-0.2, -0.15) is 0 Å². The van der Waals surface area contributed by atoms with Crippen LogP contribution in [0.1, 0.15) is 31.2 Å². The van der Waals surface area contributed by atoms with Gasteiger partial charge in [-0.25, -0.2) is 0 Å². The number of nitrogens with zero attached hydrogens (tertiary/aromatic N) is 1. The molecule has 0 aromatic heterocycles. The highest BCUT2D eigenvalue weighted by molar-refractivity contribution is 5.71. The molecule has 1 aliphatic rings. The van der Waals surface area contributed by atoms with Crippen molar-refractivity contribution in [1.82, 2.24) is 0 Å². The van der Waals surface area contributed by atoms with Crippen molar-refractivity contribution in [3.05, 3.63) is 33.9 Å². The Labute approximate surface area is 110 Å². The van der Waals surface area contributed by atoms with Crippen LogP contribution >= 0.6 is 0 Å². The number of carboxylic acids is 1. The molecule has 1 aromatic carbocycles. The minimum absolute atomic E-state index is 0.00309. The topological polar surface area (TPSA) is 92.5 Å². The van der Waals surface area contributed by atoms with Crippen LogP contribution in [0.25, 0.3) is 0 Å². The van der Waals surface area contributed by atoms with Gasteiger partial charge in [0.1, 0.15) is 5.69 Å². The molecule has 0 atom stereocenters. The Morgan fingerprint density at radius 3 is 2.68 bits per heavy atom. The summed E-state index contributed by atoms with van der Waals surface area (Å²) in [6.07, 6.45) is 2.38. The van der Waals surface area contributed by atoms with Gasteiger partial charge in [0.15, 0.2) is 0 Å². The molecule has 0 aliphatic heterocycles. The summed E-state index contributed by atoms with van der Waals surface area (Å²) in [5.74, 6) is -0.887. The molecule has 2 rings (SSSR count). The van der Waals surface area contributed by atoms with Crippen LogP contribution in [0.5, 0.6) is 0 Å². The molecule has 0 amide bonds. The van der Waals surface area contributed by atoms with Crippen LogP contribution in [0.15, 0.2) is 18.2 Å². The van der Waals surface area contributed by atoms with E-state index in [9.17, 15) is 14.9 Å². The maximum atomic E-state index is 11.0. The van der Waals surface area contributed by atoms with E-state index in [-0.39, 0.29) is 12.1 Å². The van der Waals surface area contributed by atoms with E-state index in [0.29, 0.717) is 5.69 Å². The van der Waals surface area contributed by atoms with E-state index in [1.54, 1.807) is 19.1 Å². The molecule has 0 radical (unpaired) electrons. The van der Waals surface area contributed by atoms with Gasteiger partial charge < -0.3 is 10.4 Å². The van der Waals surface area contributed by atoms with Gasteiger partial charge >= 0.3 is 5.97 Å². The lowest BCUT2D eigenvalue weighted by Gasteiger charge is -2.42. The number of hydrogen-bond donors (Lipinski definition) is 2.